The fourth-order valence-electron chi connectivity index (χ4n) is 4.34. The topological polar surface area (TPSA) is 49.4 Å². The van der Waals surface area contributed by atoms with Gasteiger partial charge in [-0.25, -0.2) is 13.1 Å². The summed E-state index contributed by atoms with van der Waals surface area (Å²) in [4.78, 5) is 2.33. The lowest BCUT2D eigenvalue weighted by Crippen LogP contribution is -2.31. The molecule has 1 aliphatic carbocycles. The Morgan fingerprint density at radius 1 is 0.935 bits per heavy atom. The van der Waals surface area contributed by atoms with Crippen LogP contribution in [0.2, 0.25) is 0 Å². The number of nitrogens with zero attached hydrogens (tertiary/aromatic N) is 1. The standard InChI is InChI=1S/C23H37F3N2O2S/c1-3-28(4-2)17-7-5-6-8-19-9-11-20(12-10-19)18-27-31(29,30)22-15-13-21(14-16-22)23(24,25)26/h13-16,19-20,27H,3-12,17-18H2,1-2H3. The molecule has 31 heavy (non-hydrogen) atoms. The molecule has 0 bridgehead atoms. The van der Waals surface area contributed by atoms with E-state index in [1.165, 1.54) is 32.2 Å². The minimum atomic E-state index is -4.47. The van der Waals surface area contributed by atoms with Gasteiger partial charge in [0.05, 0.1) is 10.5 Å². The molecule has 1 aromatic rings. The first kappa shape index (κ1) is 26.1. The van der Waals surface area contributed by atoms with Crippen LogP contribution in [0.3, 0.4) is 0 Å². The zero-order valence-corrected chi connectivity index (χ0v) is 19.6. The second kappa shape index (κ2) is 12.2. The van der Waals surface area contributed by atoms with Crippen LogP contribution >= 0.6 is 0 Å². The minimum Gasteiger partial charge on any atom is -0.304 e. The quantitative estimate of drug-likeness (QED) is 0.406. The van der Waals surface area contributed by atoms with Gasteiger partial charge in [0.25, 0.3) is 0 Å². The van der Waals surface area contributed by atoms with Crippen molar-refractivity contribution >= 4 is 10.0 Å². The summed E-state index contributed by atoms with van der Waals surface area (Å²) in [6, 6.07) is 3.65. The summed E-state index contributed by atoms with van der Waals surface area (Å²) in [5.41, 5.74) is -0.849. The van der Waals surface area contributed by atoms with Gasteiger partial charge in [-0.05, 0) is 75.0 Å². The van der Waals surface area contributed by atoms with E-state index in [1.807, 2.05) is 0 Å². The summed E-state index contributed by atoms with van der Waals surface area (Å²) in [5.74, 6) is 1.03. The summed E-state index contributed by atoms with van der Waals surface area (Å²) >= 11 is 0. The molecular weight excluding hydrogens is 425 g/mol. The molecule has 0 unspecified atom stereocenters. The number of nitrogens with one attached hydrogen (secondary N) is 1. The van der Waals surface area contributed by atoms with Crippen LogP contribution in [0.5, 0.6) is 0 Å². The Hall–Kier alpha value is -1.12. The minimum absolute atomic E-state index is 0.126. The van der Waals surface area contributed by atoms with E-state index >= 15 is 0 Å². The molecule has 0 heterocycles. The van der Waals surface area contributed by atoms with E-state index in [9.17, 15) is 21.6 Å². The Bertz CT molecular complexity index is 739. The van der Waals surface area contributed by atoms with Crippen molar-refractivity contribution in [3.05, 3.63) is 29.8 Å². The van der Waals surface area contributed by atoms with E-state index in [1.54, 1.807) is 0 Å². The van der Waals surface area contributed by atoms with E-state index in [0.717, 1.165) is 69.0 Å². The first-order chi connectivity index (χ1) is 14.7. The number of sulfonamides is 1. The average Bonchev–Trinajstić information content (AvgIpc) is 2.75. The second-order valence-corrected chi connectivity index (χ2v) is 10.4. The highest BCUT2D eigenvalue weighted by molar-refractivity contribution is 7.89. The largest absolute Gasteiger partial charge is 0.416 e. The average molecular weight is 463 g/mol. The van der Waals surface area contributed by atoms with Gasteiger partial charge in [0.15, 0.2) is 0 Å². The molecule has 1 fully saturated rings. The van der Waals surface area contributed by atoms with Crippen molar-refractivity contribution in [3.8, 4) is 0 Å². The molecule has 0 aliphatic heterocycles. The van der Waals surface area contributed by atoms with Crippen LogP contribution in [0.25, 0.3) is 0 Å². The van der Waals surface area contributed by atoms with Crippen molar-refractivity contribution in [2.75, 3.05) is 26.2 Å². The summed E-state index contributed by atoms with van der Waals surface area (Å²) in [5, 5.41) is 0. The highest BCUT2D eigenvalue weighted by Gasteiger charge is 2.31. The smallest absolute Gasteiger partial charge is 0.304 e. The van der Waals surface area contributed by atoms with Crippen LogP contribution in [0.1, 0.15) is 70.8 Å². The van der Waals surface area contributed by atoms with Crippen molar-refractivity contribution in [2.45, 2.75) is 76.3 Å². The zero-order valence-electron chi connectivity index (χ0n) is 18.8. The highest BCUT2D eigenvalue weighted by Crippen LogP contribution is 2.32. The molecule has 8 heteroatoms. The highest BCUT2D eigenvalue weighted by atomic mass is 32.2. The molecule has 0 amide bonds. The fourth-order valence-corrected chi connectivity index (χ4v) is 5.46. The van der Waals surface area contributed by atoms with E-state index in [0.29, 0.717) is 12.5 Å². The second-order valence-electron chi connectivity index (χ2n) is 8.64. The molecule has 0 radical (unpaired) electrons. The molecular formula is C23H37F3N2O2S. The Labute approximate surface area is 185 Å². The fraction of sp³-hybridized carbons (Fsp3) is 0.739. The van der Waals surface area contributed by atoms with Crippen LogP contribution < -0.4 is 4.72 Å². The molecule has 1 saturated carbocycles. The Morgan fingerprint density at radius 2 is 1.52 bits per heavy atom. The first-order valence-electron chi connectivity index (χ1n) is 11.5. The Balaban J connectivity index is 1.67. The number of unbranched alkanes of at least 4 members (excludes halogenated alkanes) is 2. The van der Waals surface area contributed by atoms with Crippen LogP contribution in [0, 0.1) is 11.8 Å². The van der Waals surface area contributed by atoms with Gasteiger partial charge in [-0.1, -0.05) is 46.0 Å². The number of rotatable bonds is 12. The summed E-state index contributed by atoms with van der Waals surface area (Å²) in [6.45, 7) is 8.15. The third-order valence-electron chi connectivity index (χ3n) is 6.50. The van der Waals surface area contributed by atoms with E-state index in [-0.39, 0.29) is 4.90 Å². The van der Waals surface area contributed by atoms with Crippen LogP contribution in [-0.4, -0.2) is 39.5 Å². The van der Waals surface area contributed by atoms with Gasteiger partial charge in [0, 0.05) is 6.54 Å². The number of halogens is 3. The van der Waals surface area contributed by atoms with Crippen LogP contribution in [0.15, 0.2) is 29.2 Å². The summed E-state index contributed by atoms with van der Waals surface area (Å²) in [6.07, 6.45) is 4.82. The van der Waals surface area contributed by atoms with Gasteiger partial charge < -0.3 is 4.90 Å². The number of alkyl halides is 3. The van der Waals surface area contributed by atoms with Crippen LogP contribution in [0.4, 0.5) is 13.2 Å². The number of hydrogen-bond acceptors (Lipinski definition) is 3. The normalized spacial score (nSPS) is 20.3. The zero-order chi connectivity index (χ0) is 22.9. The molecule has 0 spiro atoms. The lowest BCUT2D eigenvalue weighted by Gasteiger charge is -2.28. The molecule has 2 rings (SSSR count). The van der Waals surface area contributed by atoms with Crippen molar-refractivity contribution < 1.29 is 21.6 Å². The van der Waals surface area contributed by atoms with E-state index in [2.05, 4.69) is 23.5 Å². The maximum absolute atomic E-state index is 12.6. The molecule has 178 valence electrons. The SMILES string of the molecule is CCN(CC)CCCCCC1CCC(CNS(=O)(=O)c2ccc(C(F)(F)F)cc2)CC1. The first-order valence-corrected chi connectivity index (χ1v) is 13.0. The van der Waals surface area contributed by atoms with Crippen molar-refractivity contribution in [1.29, 1.82) is 0 Å². The molecule has 1 N–H and O–H groups in total. The van der Waals surface area contributed by atoms with E-state index in [4.69, 9.17) is 0 Å². The molecule has 0 saturated heterocycles. The predicted molar refractivity (Wildman–Crippen MR) is 118 cm³/mol. The maximum atomic E-state index is 12.6. The Kier molecular flexibility index (Phi) is 10.3. The van der Waals surface area contributed by atoms with Crippen molar-refractivity contribution in [3.63, 3.8) is 0 Å². The maximum Gasteiger partial charge on any atom is 0.416 e. The van der Waals surface area contributed by atoms with Gasteiger partial charge in [-0.2, -0.15) is 13.2 Å². The predicted octanol–water partition coefficient (Wildman–Crippen LogP) is 5.69. The van der Waals surface area contributed by atoms with Crippen molar-refractivity contribution in [2.24, 2.45) is 11.8 Å². The third kappa shape index (κ3) is 8.73. The molecule has 1 aliphatic rings. The van der Waals surface area contributed by atoms with Crippen molar-refractivity contribution in [1.82, 2.24) is 9.62 Å². The third-order valence-corrected chi connectivity index (χ3v) is 7.94. The van der Waals surface area contributed by atoms with Gasteiger partial charge in [0.1, 0.15) is 0 Å². The van der Waals surface area contributed by atoms with Gasteiger partial charge in [-0.15, -0.1) is 0 Å². The summed E-state index contributed by atoms with van der Waals surface area (Å²) < 4.78 is 65.3. The van der Waals surface area contributed by atoms with Gasteiger partial charge in [-0.3, -0.25) is 0 Å². The molecule has 1 aromatic carbocycles. The molecule has 0 aromatic heterocycles. The van der Waals surface area contributed by atoms with Gasteiger partial charge >= 0.3 is 6.18 Å². The Morgan fingerprint density at radius 3 is 2.06 bits per heavy atom. The lowest BCUT2D eigenvalue weighted by atomic mass is 9.80. The van der Waals surface area contributed by atoms with E-state index < -0.39 is 21.8 Å². The van der Waals surface area contributed by atoms with Gasteiger partial charge in [0.2, 0.25) is 10.0 Å². The molecule has 4 nitrogen and oxygen atoms in total. The monoisotopic (exact) mass is 462 g/mol. The molecule has 0 atom stereocenters. The number of hydrogen-bond donors (Lipinski definition) is 1. The number of benzene rings is 1. The lowest BCUT2D eigenvalue weighted by molar-refractivity contribution is -0.137. The summed E-state index contributed by atoms with van der Waals surface area (Å²) in [7, 11) is -3.79. The van der Waals surface area contributed by atoms with Crippen LogP contribution in [-0.2, 0) is 16.2 Å².